The summed E-state index contributed by atoms with van der Waals surface area (Å²) >= 11 is 5.97. The molecular weight excluding hydrogens is 311 g/mol. The molecule has 2 heterocycles. The molecule has 2 aromatic heterocycles. The molecule has 0 fully saturated rings. The molecule has 118 valence electrons. The van der Waals surface area contributed by atoms with Crippen LogP contribution in [0.2, 0.25) is 5.15 Å². The minimum absolute atomic E-state index is 0.144. The molecule has 0 saturated carbocycles. The maximum atomic E-state index is 14.6. The van der Waals surface area contributed by atoms with Gasteiger partial charge in [-0.15, -0.1) is 0 Å². The zero-order valence-electron chi connectivity index (χ0n) is 12.7. The second-order valence-corrected chi connectivity index (χ2v) is 5.95. The van der Waals surface area contributed by atoms with E-state index in [1.54, 1.807) is 39.1 Å². The lowest BCUT2D eigenvalue weighted by atomic mass is 10.2. The lowest BCUT2D eigenvalue weighted by Gasteiger charge is -2.24. The third-order valence-electron chi connectivity index (χ3n) is 2.66. The minimum Gasteiger partial charge on any atom is -0.443 e. The number of halogens is 2. The van der Waals surface area contributed by atoms with Crippen LogP contribution in [0.15, 0.2) is 24.5 Å². The molecule has 0 aliphatic heterocycles. The molecular formula is C14H16ClFN4O2. The van der Waals surface area contributed by atoms with E-state index in [9.17, 15) is 9.18 Å². The first-order valence-electron chi connectivity index (χ1n) is 6.52. The average molecular weight is 327 g/mol. The van der Waals surface area contributed by atoms with Crippen LogP contribution >= 0.6 is 11.6 Å². The lowest BCUT2D eigenvalue weighted by molar-refractivity contribution is 0.0588. The number of rotatable bonds is 2. The summed E-state index contributed by atoms with van der Waals surface area (Å²) in [5.74, 6) is -0.772. The molecule has 0 spiro atoms. The van der Waals surface area contributed by atoms with Gasteiger partial charge >= 0.3 is 6.09 Å². The Labute approximate surface area is 132 Å². The number of hydrogen-bond donors (Lipinski definition) is 0. The maximum Gasteiger partial charge on any atom is 0.414 e. The van der Waals surface area contributed by atoms with Gasteiger partial charge in [0, 0.05) is 13.2 Å². The van der Waals surface area contributed by atoms with E-state index in [0.29, 0.717) is 5.69 Å². The Hall–Kier alpha value is -2.15. The quantitative estimate of drug-likeness (QED) is 0.848. The number of hydrogen-bond acceptors (Lipinski definition) is 4. The predicted molar refractivity (Wildman–Crippen MR) is 81.0 cm³/mol. The van der Waals surface area contributed by atoms with Crippen molar-refractivity contribution in [3.8, 4) is 5.69 Å². The molecule has 0 unspecified atom stereocenters. The van der Waals surface area contributed by atoms with Crippen molar-refractivity contribution in [1.29, 1.82) is 0 Å². The van der Waals surface area contributed by atoms with Crippen molar-refractivity contribution in [2.24, 2.45) is 0 Å². The number of anilines is 1. The highest BCUT2D eigenvalue weighted by Gasteiger charge is 2.28. The summed E-state index contributed by atoms with van der Waals surface area (Å²) in [5.41, 5.74) is -0.460. The topological polar surface area (TPSA) is 60.3 Å². The molecule has 0 aromatic carbocycles. The average Bonchev–Trinajstić information content (AvgIpc) is 2.72. The van der Waals surface area contributed by atoms with Gasteiger partial charge in [0.1, 0.15) is 11.3 Å². The van der Waals surface area contributed by atoms with Gasteiger partial charge in [-0.1, -0.05) is 11.6 Å². The van der Waals surface area contributed by atoms with Crippen molar-refractivity contribution in [3.63, 3.8) is 0 Å². The van der Waals surface area contributed by atoms with Crippen LogP contribution in [0.1, 0.15) is 20.8 Å². The Morgan fingerprint density at radius 3 is 2.68 bits per heavy atom. The van der Waals surface area contributed by atoms with Gasteiger partial charge in [-0.3, -0.25) is 9.88 Å². The number of carbonyl (C=O) groups excluding carboxylic acids is 1. The molecule has 0 aliphatic carbocycles. The molecule has 0 saturated heterocycles. The molecule has 22 heavy (non-hydrogen) atoms. The summed E-state index contributed by atoms with van der Waals surface area (Å²) in [7, 11) is 1.37. The van der Waals surface area contributed by atoms with Crippen LogP contribution in [0.5, 0.6) is 0 Å². The van der Waals surface area contributed by atoms with E-state index < -0.39 is 17.6 Å². The van der Waals surface area contributed by atoms with Crippen molar-refractivity contribution in [2.75, 3.05) is 11.9 Å². The smallest absolute Gasteiger partial charge is 0.414 e. The summed E-state index contributed by atoms with van der Waals surface area (Å²) in [6.07, 6.45) is 2.27. The van der Waals surface area contributed by atoms with Crippen LogP contribution in [-0.4, -0.2) is 33.5 Å². The Balaban J connectivity index is 2.37. The van der Waals surface area contributed by atoms with Crippen LogP contribution in [0.3, 0.4) is 0 Å². The number of pyridine rings is 1. The summed E-state index contributed by atoms with van der Waals surface area (Å²) in [6, 6.07) is 3.26. The molecule has 0 radical (unpaired) electrons. The third-order valence-corrected chi connectivity index (χ3v) is 2.91. The third kappa shape index (κ3) is 3.36. The van der Waals surface area contributed by atoms with E-state index in [1.807, 2.05) is 0 Å². The SMILES string of the molecule is CN(C(=O)OC(C)(C)C)c1c(Cl)nn(-c2cccnc2)c1F. The Bertz CT molecular complexity index is 682. The van der Waals surface area contributed by atoms with Gasteiger partial charge in [-0.05, 0) is 32.9 Å². The zero-order chi connectivity index (χ0) is 16.5. The fraction of sp³-hybridized carbons (Fsp3) is 0.357. The van der Waals surface area contributed by atoms with Crippen LogP contribution in [-0.2, 0) is 4.74 Å². The van der Waals surface area contributed by atoms with E-state index >= 15 is 0 Å². The van der Waals surface area contributed by atoms with Crippen LogP contribution in [0, 0.1) is 5.95 Å². The summed E-state index contributed by atoms with van der Waals surface area (Å²) < 4.78 is 20.7. The van der Waals surface area contributed by atoms with Crippen molar-refractivity contribution < 1.29 is 13.9 Å². The molecule has 0 bridgehead atoms. The van der Waals surface area contributed by atoms with Crippen LogP contribution in [0.4, 0.5) is 14.9 Å². The van der Waals surface area contributed by atoms with Gasteiger partial charge < -0.3 is 4.74 Å². The van der Waals surface area contributed by atoms with Gasteiger partial charge in [0.15, 0.2) is 5.15 Å². The lowest BCUT2D eigenvalue weighted by Crippen LogP contribution is -2.34. The molecule has 0 aliphatic rings. The number of nitrogens with zero attached hydrogens (tertiary/aromatic N) is 4. The Kier molecular flexibility index (Phi) is 4.37. The molecule has 2 aromatic rings. The number of carbonyl (C=O) groups is 1. The molecule has 0 N–H and O–H groups in total. The fourth-order valence-electron chi connectivity index (χ4n) is 1.71. The highest BCUT2D eigenvalue weighted by Crippen LogP contribution is 2.30. The molecule has 1 amide bonds. The van der Waals surface area contributed by atoms with E-state index in [1.165, 1.54) is 13.2 Å². The van der Waals surface area contributed by atoms with Gasteiger partial charge in [0.25, 0.3) is 0 Å². The van der Waals surface area contributed by atoms with Crippen molar-refractivity contribution in [3.05, 3.63) is 35.6 Å². The van der Waals surface area contributed by atoms with Crippen molar-refractivity contribution in [1.82, 2.24) is 14.8 Å². The normalized spacial score (nSPS) is 11.4. The minimum atomic E-state index is -0.772. The van der Waals surface area contributed by atoms with E-state index in [0.717, 1.165) is 9.58 Å². The van der Waals surface area contributed by atoms with Crippen molar-refractivity contribution >= 4 is 23.4 Å². The first-order valence-corrected chi connectivity index (χ1v) is 6.89. The maximum absolute atomic E-state index is 14.6. The molecule has 8 heteroatoms. The monoisotopic (exact) mass is 326 g/mol. The van der Waals surface area contributed by atoms with Gasteiger partial charge in [0.2, 0.25) is 5.95 Å². The van der Waals surface area contributed by atoms with Gasteiger partial charge in [-0.2, -0.15) is 9.49 Å². The van der Waals surface area contributed by atoms with Crippen LogP contribution in [0.25, 0.3) is 5.69 Å². The predicted octanol–water partition coefficient (Wildman–Crippen LogP) is 3.43. The summed E-state index contributed by atoms with van der Waals surface area (Å²) in [4.78, 5) is 16.9. The first kappa shape index (κ1) is 16.2. The zero-order valence-corrected chi connectivity index (χ0v) is 13.4. The van der Waals surface area contributed by atoms with E-state index in [-0.39, 0.29) is 10.8 Å². The highest BCUT2D eigenvalue weighted by molar-refractivity contribution is 6.32. The number of ether oxygens (including phenoxy) is 1. The number of aromatic nitrogens is 3. The first-order chi connectivity index (χ1) is 10.2. The molecule has 0 atom stereocenters. The Morgan fingerprint density at radius 1 is 1.45 bits per heavy atom. The summed E-state index contributed by atoms with van der Waals surface area (Å²) in [5, 5.41) is 3.75. The van der Waals surface area contributed by atoms with Crippen molar-refractivity contribution in [2.45, 2.75) is 26.4 Å². The van der Waals surface area contributed by atoms with E-state index in [4.69, 9.17) is 16.3 Å². The Morgan fingerprint density at radius 2 is 2.14 bits per heavy atom. The van der Waals surface area contributed by atoms with E-state index in [2.05, 4.69) is 10.1 Å². The van der Waals surface area contributed by atoms with Gasteiger partial charge in [0.05, 0.1) is 11.9 Å². The standard InChI is InChI=1S/C14H16ClFN4O2/c1-14(2,3)22-13(21)19(4)10-11(15)18-20(12(10)16)9-6-5-7-17-8-9/h5-8H,1-4H3. The summed E-state index contributed by atoms with van der Waals surface area (Å²) in [6.45, 7) is 5.15. The second-order valence-electron chi connectivity index (χ2n) is 5.59. The fourth-order valence-corrected chi connectivity index (χ4v) is 1.99. The second kappa shape index (κ2) is 5.92. The van der Waals surface area contributed by atoms with Gasteiger partial charge in [-0.25, -0.2) is 9.48 Å². The number of amides is 1. The molecule has 2 rings (SSSR count). The van der Waals surface area contributed by atoms with Crippen LogP contribution < -0.4 is 4.90 Å². The largest absolute Gasteiger partial charge is 0.443 e. The molecule has 6 nitrogen and oxygen atoms in total. The highest BCUT2D eigenvalue weighted by atomic mass is 35.5.